The van der Waals surface area contributed by atoms with Crippen LogP contribution in [0.5, 0.6) is 0 Å². The molecule has 2 fully saturated rings. The van der Waals surface area contributed by atoms with Crippen LogP contribution in [0, 0.1) is 12.8 Å². The predicted octanol–water partition coefficient (Wildman–Crippen LogP) is 4.04. The maximum absolute atomic E-state index is 11.9. The van der Waals surface area contributed by atoms with E-state index < -0.39 is 0 Å². The molecule has 4 nitrogen and oxygen atoms in total. The molecule has 0 radical (unpaired) electrons. The van der Waals surface area contributed by atoms with Gasteiger partial charge in [0.2, 0.25) is 5.91 Å². The molecule has 1 amide bonds. The molecule has 2 aromatic rings. The summed E-state index contributed by atoms with van der Waals surface area (Å²) < 4.78 is 0. The summed E-state index contributed by atoms with van der Waals surface area (Å²) in [5, 5.41) is 1.88. The second kappa shape index (κ2) is 6.83. The number of carbonyl (C=O) groups is 1. The van der Waals surface area contributed by atoms with E-state index in [-0.39, 0.29) is 0 Å². The minimum Gasteiger partial charge on any atom is -0.356 e. The molecule has 2 saturated heterocycles. The Morgan fingerprint density at radius 2 is 2.12 bits per heavy atom. The van der Waals surface area contributed by atoms with Gasteiger partial charge in [0.25, 0.3) is 0 Å². The second-order valence-electron chi connectivity index (χ2n) is 7.36. The molecule has 132 valence electrons. The molecular formula is C20H24ClN3O. The summed E-state index contributed by atoms with van der Waals surface area (Å²) in [5.41, 5.74) is 2.19. The number of hydrogen-bond donors (Lipinski definition) is 0. The van der Waals surface area contributed by atoms with Crippen LogP contribution in [0.25, 0.3) is 10.9 Å². The smallest absolute Gasteiger partial charge is 0.222 e. The molecule has 1 aromatic carbocycles. The van der Waals surface area contributed by atoms with Gasteiger partial charge in [-0.1, -0.05) is 17.7 Å². The zero-order chi connectivity index (χ0) is 17.4. The monoisotopic (exact) mass is 357 g/mol. The van der Waals surface area contributed by atoms with Crippen molar-refractivity contribution in [1.29, 1.82) is 0 Å². The first kappa shape index (κ1) is 16.6. The number of amides is 1. The number of hydrogen-bond acceptors (Lipinski definition) is 3. The van der Waals surface area contributed by atoms with Crippen molar-refractivity contribution in [2.24, 2.45) is 5.92 Å². The van der Waals surface area contributed by atoms with Gasteiger partial charge in [0.1, 0.15) is 5.82 Å². The minimum absolute atomic E-state index is 0.325. The Labute approximate surface area is 153 Å². The lowest BCUT2D eigenvalue weighted by Gasteiger charge is -2.35. The number of benzene rings is 1. The van der Waals surface area contributed by atoms with Crippen LogP contribution < -0.4 is 4.90 Å². The highest BCUT2D eigenvalue weighted by atomic mass is 35.5. The molecule has 0 unspecified atom stereocenters. The number of anilines is 1. The van der Waals surface area contributed by atoms with Crippen molar-refractivity contribution < 1.29 is 4.79 Å². The fourth-order valence-corrected chi connectivity index (χ4v) is 4.32. The van der Waals surface area contributed by atoms with Crippen LogP contribution >= 0.6 is 11.6 Å². The van der Waals surface area contributed by atoms with Gasteiger partial charge in [-0.2, -0.15) is 0 Å². The van der Waals surface area contributed by atoms with Crippen LogP contribution in [0.4, 0.5) is 5.82 Å². The quantitative estimate of drug-likeness (QED) is 0.832. The molecule has 5 heteroatoms. The van der Waals surface area contributed by atoms with E-state index in [4.69, 9.17) is 16.6 Å². The maximum atomic E-state index is 11.9. The SMILES string of the molecule is Cc1cc(N2CCC[C@H](CN3CCCC3=O)C2)nc2cc(Cl)ccc12. The Hall–Kier alpha value is -1.81. The Bertz CT molecular complexity index is 807. The van der Waals surface area contributed by atoms with Gasteiger partial charge in [-0.25, -0.2) is 4.98 Å². The zero-order valence-electron chi connectivity index (χ0n) is 14.7. The first-order chi connectivity index (χ1) is 12.1. The van der Waals surface area contributed by atoms with E-state index in [9.17, 15) is 4.79 Å². The van der Waals surface area contributed by atoms with Gasteiger partial charge in [0.15, 0.2) is 0 Å². The zero-order valence-corrected chi connectivity index (χ0v) is 15.4. The van der Waals surface area contributed by atoms with Gasteiger partial charge < -0.3 is 9.80 Å². The van der Waals surface area contributed by atoms with Crippen LogP contribution in [-0.2, 0) is 4.79 Å². The summed E-state index contributed by atoms with van der Waals surface area (Å²) in [4.78, 5) is 21.2. The van der Waals surface area contributed by atoms with E-state index in [0.29, 0.717) is 11.8 Å². The third-order valence-electron chi connectivity index (χ3n) is 5.46. The molecule has 1 atom stereocenters. The minimum atomic E-state index is 0.325. The number of rotatable bonds is 3. The largest absolute Gasteiger partial charge is 0.356 e. The van der Waals surface area contributed by atoms with Crippen molar-refractivity contribution >= 4 is 34.2 Å². The van der Waals surface area contributed by atoms with Gasteiger partial charge >= 0.3 is 0 Å². The van der Waals surface area contributed by atoms with Crippen LogP contribution in [0.15, 0.2) is 24.3 Å². The van der Waals surface area contributed by atoms with E-state index in [1.54, 1.807) is 0 Å². The van der Waals surface area contributed by atoms with E-state index in [0.717, 1.165) is 67.2 Å². The third-order valence-corrected chi connectivity index (χ3v) is 5.69. The normalized spacial score (nSPS) is 21.4. The highest BCUT2D eigenvalue weighted by molar-refractivity contribution is 6.31. The van der Waals surface area contributed by atoms with E-state index in [2.05, 4.69) is 17.9 Å². The predicted molar refractivity (Wildman–Crippen MR) is 102 cm³/mol. The van der Waals surface area contributed by atoms with Gasteiger partial charge in [0.05, 0.1) is 5.52 Å². The highest BCUT2D eigenvalue weighted by Crippen LogP contribution is 2.28. The van der Waals surface area contributed by atoms with E-state index in [1.807, 2.05) is 23.1 Å². The van der Waals surface area contributed by atoms with Crippen molar-refractivity contribution in [3.63, 3.8) is 0 Å². The van der Waals surface area contributed by atoms with Crippen LogP contribution in [-0.4, -0.2) is 42.0 Å². The summed E-state index contributed by atoms with van der Waals surface area (Å²) in [6.07, 6.45) is 4.09. The van der Waals surface area contributed by atoms with Gasteiger partial charge in [-0.3, -0.25) is 4.79 Å². The second-order valence-corrected chi connectivity index (χ2v) is 7.79. The Balaban J connectivity index is 1.54. The molecule has 0 N–H and O–H groups in total. The summed E-state index contributed by atoms with van der Waals surface area (Å²) in [6, 6.07) is 8.08. The molecule has 0 aliphatic carbocycles. The van der Waals surface area contributed by atoms with E-state index >= 15 is 0 Å². The average molecular weight is 358 g/mol. The van der Waals surface area contributed by atoms with Crippen molar-refractivity contribution in [2.75, 3.05) is 31.1 Å². The number of carbonyl (C=O) groups excluding carboxylic acids is 1. The number of aryl methyl sites for hydroxylation is 1. The molecule has 25 heavy (non-hydrogen) atoms. The third kappa shape index (κ3) is 3.45. The number of pyridine rings is 1. The molecule has 0 saturated carbocycles. The first-order valence-corrected chi connectivity index (χ1v) is 9.57. The number of halogens is 1. The van der Waals surface area contributed by atoms with Crippen molar-refractivity contribution in [3.8, 4) is 0 Å². The van der Waals surface area contributed by atoms with Crippen molar-refractivity contribution in [2.45, 2.75) is 32.6 Å². The Kier molecular flexibility index (Phi) is 4.55. The highest BCUT2D eigenvalue weighted by Gasteiger charge is 2.27. The van der Waals surface area contributed by atoms with Crippen molar-refractivity contribution in [1.82, 2.24) is 9.88 Å². The Morgan fingerprint density at radius 3 is 2.92 bits per heavy atom. The number of nitrogens with zero attached hydrogens (tertiary/aromatic N) is 3. The summed E-state index contributed by atoms with van der Waals surface area (Å²) in [6.45, 7) is 5.96. The molecule has 4 rings (SSSR count). The standard InChI is InChI=1S/C20H24ClN3O/c1-14-10-19(22-18-11-16(21)6-7-17(14)18)23-8-2-4-15(12-23)13-24-9-3-5-20(24)25/h6-7,10-11,15H,2-5,8-9,12-13H2,1H3/t15-/m0/s1. The number of aromatic nitrogens is 1. The summed E-state index contributed by atoms with van der Waals surface area (Å²) in [5.74, 6) is 1.89. The molecule has 2 aliphatic heterocycles. The average Bonchev–Trinajstić information content (AvgIpc) is 2.99. The Morgan fingerprint density at radius 1 is 1.24 bits per heavy atom. The maximum Gasteiger partial charge on any atom is 0.222 e. The number of likely N-dealkylation sites (tertiary alicyclic amines) is 1. The van der Waals surface area contributed by atoms with Crippen LogP contribution in [0.1, 0.15) is 31.2 Å². The molecule has 1 aromatic heterocycles. The molecule has 0 spiro atoms. The molecule has 3 heterocycles. The first-order valence-electron chi connectivity index (χ1n) is 9.20. The lowest BCUT2D eigenvalue weighted by molar-refractivity contribution is -0.128. The van der Waals surface area contributed by atoms with Gasteiger partial charge in [-0.15, -0.1) is 0 Å². The lowest BCUT2D eigenvalue weighted by Crippen LogP contribution is -2.41. The number of piperidine rings is 1. The van der Waals surface area contributed by atoms with Gasteiger partial charge in [0, 0.05) is 43.0 Å². The van der Waals surface area contributed by atoms with Crippen molar-refractivity contribution in [3.05, 3.63) is 34.9 Å². The van der Waals surface area contributed by atoms with Crippen LogP contribution in [0.3, 0.4) is 0 Å². The van der Waals surface area contributed by atoms with Gasteiger partial charge in [-0.05, 0) is 55.9 Å². The van der Waals surface area contributed by atoms with E-state index in [1.165, 1.54) is 12.0 Å². The summed E-state index contributed by atoms with van der Waals surface area (Å²) in [7, 11) is 0. The molecular weight excluding hydrogens is 334 g/mol. The topological polar surface area (TPSA) is 36.4 Å². The number of fused-ring (bicyclic) bond motifs is 1. The summed E-state index contributed by atoms with van der Waals surface area (Å²) >= 11 is 6.15. The van der Waals surface area contributed by atoms with Crippen LogP contribution in [0.2, 0.25) is 5.02 Å². The lowest BCUT2D eigenvalue weighted by atomic mass is 9.97. The molecule has 2 aliphatic rings. The molecule has 0 bridgehead atoms. The fraction of sp³-hybridized carbons (Fsp3) is 0.500. The fourth-order valence-electron chi connectivity index (χ4n) is 4.15.